The molecule has 0 saturated carbocycles. The van der Waals surface area contributed by atoms with Crippen molar-refractivity contribution in [3.05, 3.63) is 30.1 Å². The van der Waals surface area contributed by atoms with Crippen molar-refractivity contribution in [3.63, 3.8) is 0 Å². The van der Waals surface area contributed by atoms with Crippen molar-refractivity contribution in [2.24, 2.45) is 5.73 Å². The maximum Gasteiger partial charge on any atom is 0.224 e. The number of amides is 1. The molecule has 1 atom stereocenters. The molecule has 3 rings (SSSR count). The normalized spacial score (nSPS) is 19.9. The van der Waals surface area contributed by atoms with Gasteiger partial charge in [0.15, 0.2) is 0 Å². The Hall–Kier alpha value is -1.88. The van der Waals surface area contributed by atoms with Crippen LogP contribution in [0.1, 0.15) is 12.0 Å². The molecule has 0 radical (unpaired) electrons. The van der Waals surface area contributed by atoms with Crippen molar-refractivity contribution in [2.75, 3.05) is 13.1 Å². The summed E-state index contributed by atoms with van der Waals surface area (Å²) in [6, 6.07) is 4.04. The van der Waals surface area contributed by atoms with Crippen molar-refractivity contribution >= 4 is 16.9 Å². The summed E-state index contributed by atoms with van der Waals surface area (Å²) in [6.07, 6.45) is 5.01. The van der Waals surface area contributed by atoms with E-state index in [0.29, 0.717) is 13.0 Å². The number of nitrogens with zero attached hydrogens (tertiary/aromatic N) is 2. The molecule has 2 aromatic rings. The van der Waals surface area contributed by atoms with E-state index in [1.807, 2.05) is 23.2 Å². The summed E-state index contributed by atoms with van der Waals surface area (Å²) >= 11 is 0. The molecule has 1 fully saturated rings. The molecule has 1 amide bonds. The van der Waals surface area contributed by atoms with Gasteiger partial charge >= 0.3 is 0 Å². The van der Waals surface area contributed by atoms with Crippen LogP contribution in [0.3, 0.4) is 0 Å². The molecule has 3 heterocycles. The summed E-state index contributed by atoms with van der Waals surface area (Å²) in [5.41, 5.74) is 7.90. The summed E-state index contributed by atoms with van der Waals surface area (Å²) in [5, 5.41) is 1.13. The number of aromatic nitrogens is 2. The second-order valence-electron chi connectivity index (χ2n) is 4.76. The number of nitrogens with two attached hydrogens (primary N) is 1. The van der Waals surface area contributed by atoms with Gasteiger partial charge in [0.2, 0.25) is 5.91 Å². The third-order valence-electron chi connectivity index (χ3n) is 3.45. The minimum atomic E-state index is 0.00205. The van der Waals surface area contributed by atoms with Crippen LogP contribution in [-0.2, 0) is 11.2 Å². The van der Waals surface area contributed by atoms with Gasteiger partial charge in [0.25, 0.3) is 0 Å². The van der Waals surface area contributed by atoms with E-state index in [1.165, 1.54) is 5.56 Å². The fraction of sp³-hybridized carbons (Fsp3) is 0.385. The number of nitrogens with one attached hydrogen (secondary N) is 1. The monoisotopic (exact) mass is 244 g/mol. The van der Waals surface area contributed by atoms with E-state index < -0.39 is 0 Å². The molecule has 2 aromatic heterocycles. The van der Waals surface area contributed by atoms with Crippen LogP contribution in [0.5, 0.6) is 0 Å². The van der Waals surface area contributed by atoms with Gasteiger partial charge < -0.3 is 15.6 Å². The highest BCUT2D eigenvalue weighted by molar-refractivity contribution is 5.80. The molecule has 1 aliphatic rings. The van der Waals surface area contributed by atoms with E-state index in [4.69, 9.17) is 5.73 Å². The molecule has 94 valence electrons. The first-order valence-corrected chi connectivity index (χ1v) is 6.18. The smallest absolute Gasteiger partial charge is 0.224 e. The summed E-state index contributed by atoms with van der Waals surface area (Å²) in [7, 11) is 0. The Bertz CT molecular complexity index is 577. The van der Waals surface area contributed by atoms with E-state index in [2.05, 4.69) is 9.97 Å². The van der Waals surface area contributed by atoms with Crippen LogP contribution in [0.2, 0.25) is 0 Å². The number of H-pyrrole nitrogens is 1. The number of rotatable bonds is 3. The van der Waals surface area contributed by atoms with Gasteiger partial charge in [-0.05, 0) is 24.1 Å². The number of carbonyl (C=O) groups excluding carboxylic acids is 1. The molecule has 0 aliphatic carbocycles. The lowest BCUT2D eigenvalue weighted by Crippen LogP contribution is -2.30. The Morgan fingerprint density at radius 1 is 1.50 bits per heavy atom. The Morgan fingerprint density at radius 2 is 2.39 bits per heavy atom. The third kappa shape index (κ3) is 1.97. The first kappa shape index (κ1) is 11.2. The van der Waals surface area contributed by atoms with Crippen LogP contribution >= 0.6 is 0 Å². The van der Waals surface area contributed by atoms with Crippen molar-refractivity contribution in [1.29, 1.82) is 0 Å². The summed E-state index contributed by atoms with van der Waals surface area (Å²) < 4.78 is 0. The predicted molar refractivity (Wildman–Crippen MR) is 69.0 cm³/mol. The second kappa shape index (κ2) is 4.42. The largest absolute Gasteiger partial charge is 0.346 e. The van der Waals surface area contributed by atoms with Crippen molar-refractivity contribution in [3.8, 4) is 0 Å². The highest BCUT2D eigenvalue weighted by Gasteiger charge is 2.26. The number of hydrogen-bond acceptors (Lipinski definition) is 3. The topological polar surface area (TPSA) is 75.0 Å². The molecule has 0 spiro atoms. The van der Waals surface area contributed by atoms with Gasteiger partial charge in [-0.1, -0.05) is 0 Å². The molecule has 5 heteroatoms. The zero-order valence-electron chi connectivity index (χ0n) is 10.1. The lowest BCUT2D eigenvalue weighted by molar-refractivity contribution is -0.127. The predicted octanol–water partition coefficient (Wildman–Crippen LogP) is 0.665. The minimum Gasteiger partial charge on any atom is -0.346 e. The second-order valence-corrected chi connectivity index (χ2v) is 4.76. The molecule has 0 bridgehead atoms. The lowest BCUT2D eigenvalue weighted by Gasteiger charge is -2.15. The summed E-state index contributed by atoms with van der Waals surface area (Å²) in [5.74, 6) is 0.168. The van der Waals surface area contributed by atoms with Gasteiger partial charge in [-0.25, -0.2) is 4.98 Å². The van der Waals surface area contributed by atoms with Crippen molar-refractivity contribution in [1.82, 2.24) is 14.9 Å². The molecule has 1 aliphatic heterocycles. The Morgan fingerprint density at radius 3 is 3.17 bits per heavy atom. The number of carbonyl (C=O) groups is 1. The number of hydrogen-bond donors (Lipinski definition) is 2. The number of likely N-dealkylation sites (tertiary alicyclic amines) is 1. The van der Waals surface area contributed by atoms with Crippen LogP contribution in [0.15, 0.2) is 24.5 Å². The number of pyridine rings is 1. The molecule has 5 nitrogen and oxygen atoms in total. The Balaban J connectivity index is 1.73. The maximum atomic E-state index is 11.6. The van der Waals surface area contributed by atoms with E-state index >= 15 is 0 Å². The zero-order chi connectivity index (χ0) is 12.5. The van der Waals surface area contributed by atoms with E-state index in [1.54, 1.807) is 6.20 Å². The van der Waals surface area contributed by atoms with Gasteiger partial charge in [-0.2, -0.15) is 0 Å². The molecule has 0 aromatic carbocycles. The minimum absolute atomic E-state index is 0.00205. The fourth-order valence-electron chi connectivity index (χ4n) is 2.51. The summed E-state index contributed by atoms with van der Waals surface area (Å²) in [4.78, 5) is 20.8. The van der Waals surface area contributed by atoms with E-state index in [-0.39, 0.29) is 11.9 Å². The number of aromatic amines is 1. The third-order valence-corrected chi connectivity index (χ3v) is 3.45. The van der Waals surface area contributed by atoms with Crippen LogP contribution in [-0.4, -0.2) is 39.9 Å². The highest BCUT2D eigenvalue weighted by atomic mass is 16.2. The lowest BCUT2D eigenvalue weighted by atomic mass is 10.1. The van der Waals surface area contributed by atoms with E-state index in [9.17, 15) is 4.79 Å². The van der Waals surface area contributed by atoms with Crippen molar-refractivity contribution in [2.45, 2.75) is 18.9 Å². The fourth-order valence-corrected chi connectivity index (χ4v) is 2.51. The molecular formula is C13H16N4O. The molecular weight excluding hydrogens is 228 g/mol. The van der Waals surface area contributed by atoms with Crippen LogP contribution < -0.4 is 5.73 Å². The van der Waals surface area contributed by atoms with Crippen LogP contribution in [0.4, 0.5) is 0 Å². The Kier molecular flexibility index (Phi) is 2.76. The van der Waals surface area contributed by atoms with Gasteiger partial charge in [-0.3, -0.25) is 4.79 Å². The molecule has 1 unspecified atom stereocenters. The first-order valence-electron chi connectivity index (χ1n) is 6.18. The molecule has 1 saturated heterocycles. The van der Waals surface area contributed by atoms with Gasteiger partial charge in [0.05, 0.1) is 0 Å². The average Bonchev–Trinajstić information content (AvgIpc) is 2.93. The maximum absolute atomic E-state index is 11.6. The van der Waals surface area contributed by atoms with Gasteiger partial charge in [0.1, 0.15) is 5.65 Å². The van der Waals surface area contributed by atoms with Gasteiger partial charge in [-0.15, -0.1) is 0 Å². The van der Waals surface area contributed by atoms with Crippen LogP contribution in [0.25, 0.3) is 11.0 Å². The van der Waals surface area contributed by atoms with Crippen molar-refractivity contribution < 1.29 is 4.79 Å². The molecule has 18 heavy (non-hydrogen) atoms. The highest BCUT2D eigenvalue weighted by Crippen LogP contribution is 2.17. The first-order chi connectivity index (χ1) is 8.74. The quantitative estimate of drug-likeness (QED) is 0.833. The number of fused-ring (bicyclic) bond motifs is 1. The zero-order valence-corrected chi connectivity index (χ0v) is 10.1. The standard InChI is InChI=1S/C13H16N4O/c14-10-7-12(18)17(8-10)6-3-9-1-4-15-13-11(9)2-5-16-13/h1-2,4-5,10H,3,6-8,14H2,(H,15,16). The van der Waals surface area contributed by atoms with E-state index in [0.717, 1.165) is 24.0 Å². The van der Waals surface area contributed by atoms with Gasteiger partial charge in [0, 0.05) is 43.3 Å². The SMILES string of the molecule is NC1CC(=O)N(CCc2ccnc3[nH]ccc23)C1. The molecule has 3 N–H and O–H groups in total. The summed E-state index contributed by atoms with van der Waals surface area (Å²) in [6.45, 7) is 1.41. The Labute approximate surface area is 105 Å². The van der Waals surface area contributed by atoms with Crippen LogP contribution in [0, 0.1) is 0 Å². The average molecular weight is 244 g/mol.